The Morgan fingerprint density at radius 2 is 1.78 bits per heavy atom. The average molecular weight is 265 g/mol. The van der Waals surface area contributed by atoms with E-state index in [1.807, 2.05) is 20.8 Å². The molecule has 3 nitrogen and oxygen atoms in total. The van der Waals surface area contributed by atoms with E-state index in [2.05, 4.69) is 5.32 Å². The van der Waals surface area contributed by atoms with Crippen molar-refractivity contribution < 1.29 is 17.7 Å². The fourth-order valence-electron chi connectivity index (χ4n) is 2.14. The van der Waals surface area contributed by atoms with Crippen LogP contribution in [0.25, 0.3) is 0 Å². The van der Waals surface area contributed by atoms with Gasteiger partial charge < -0.3 is 23.2 Å². The Balaban J connectivity index is 2.37. The summed E-state index contributed by atoms with van der Waals surface area (Å²) in [6.45, 7) is 1.62. The summed E-state index contributed by atoms with van der Waals surface area (Å²) in [7, 11) is 0. The topological polar surface area (TPSA) is 32.3 Å². The first-order valence-electron chi connectivity index (χ1n) is 6.32. The maximum Gasteiger partial charge on any atom is 0.492 e. The molecule has 0 aromatic carbocycles. The van der Waals surface area contributed by atoms with Crippen molar-refractivity contribution in [2.24, 2.45) is 5.92 Å². The van der Waals surface area contributed by atoms with Crippen molar-refractivity contribution in [1.29, 1.82) is 0 Å². The van der Waals surface area contributed by atoms with Crippen LogP contribution in [0.15, 0.2) is 0 Å². The smallest absolute Gasteiger partial charge is 0.448 e. The number of rotatable bonds is 3. The predicted octanol–water partition coefficient (Wildman–Crippen LogP) is 2.00. The molecule has 0 radical (unpaired) electrons. The number of carbonyl (C=O) groups is 1. The van der Waals surface area contributed by atoms with E-state index in [1.54, 1.807) is 0 Å². The van der Waals surface area contributed by atoms with E-state index in [1.165, 1.54) is 4.90 Å². The van der Waals surface area contributed by atoms with Gasteiger partial charge in [-0.2, -0.15) is 0 Å². The molecule has 0 aromatic heterocycles. The maximum absolute atomic E-state index is 12.3. The van der Waals surface area contributed by atoms with E-state index < -0.39 is 13.4 Å². The summed E-state index contributed by atoms with van der Waals surface area (Å²) in [4.78, 5) is 13.2. The van der Waals surface area contributed by atoms with Gasteiger partial charge in [0.2, 0.25) is 5.91 Å². The average Bonchev–Trinajstić information content (AvgIpc) is 2.13. The number of piperidine rings is 1. The number of nitrogens with zero attached hydrogens (tertiary/aromatic N) is 1. The molecule has 0 unspecified atom stereocenters. The van der Waals surface area contributed by atoms with Gasteiger partial charge >= 0.3 is 6.98 Å². The molecule has 1 heterocycles. The molecule has 0 atom stereocenters. The minimum absolute atomic E-state index is 0.0420. The lowest BCUT2D eigenvalue weighted by atomic mass is 9.88. The molecular weight excluding hydrogens is 244 g/mol. The summed E-state index contributed by atoms with van der Waals surface area (Å²) < 4.78 is 36.8. The van der Waals surface area contributed by atoms with Crippen LogP contribution in [0.1, 0.15) is 33.6 Å². The third-order valence-corrected chi connectivity index (χ3v) is 2.92. The van der Waals surface area contributed by atoms with Crippen molar-refractivity contribution in [2.75, 3.05) is 19.5 Å². The highest BCUT2D eigenvalue weighted by Gasteiger charge is 2.31. The predicted molar refractivity (Wildman–Crippen MR) is 66.1 cm³/mol. The van der Waals surface area contributed by atoms with Crippen LogP contribution in [0.2, 0.25) is 0 Å². The number of amides is 1. The summed E-state index contributed by atoms with van der Waals surface area (Å²) in [5, 5.41) is 2.88. The van der Waals surface area contributed by atoms with E-state index in [4.69, 9.17) is 0 Å². The standard InChI is InChI=1S/C11H21BF3N2O/c1-11(2,3)16-10(18)9-4-6-17(7-5-9)8-12(13,14)15/h9H,4-8H2,1-3H3,(H,16,18)/q-1. The van der Waals surface area contributed by atoms with Gasteiger partial charge in [-0.1, -0.05) is 0 Å². The monoisotopic (exact) mass is 265 g/mol. The van der Waals surface area contributed by atoms with Crippen LogP contribution in [0.5, 0.6) is 0 Å². The zero-order valence-electron chi connectivity index (χ0n) is 11.2. The summed E-state index contributed by atoms with van der Waals surface area (Å²) >= 11 is 0. The number of hydrogen-bond donors (Lipinski definition) is 1. The highest BCUT2D eigenvalue weighted by molar-refractivity contribution is 6.58. The second-order valence-electron chi connectivity index (χ2n) is 6.02. The van der Waals surface area contributed by atoms with Crippen LogP contribution >= 0.6 is 0 Å². The molecule has 1 fully saturated rings. The van der Waals surface area contributed by atoms with Gasteiger partial charge in [0.1, 0.15) is 0 Å². The molecule has 1 N–H and O–H groups in total. The fraction of sp³-hybridized carbons (Fsp3) is 0.909. The molecule has 0 saturated carbocycles. The molecular formula is C11H21BF3N2O-. The number of nitrogens with one attached hydrogen (secondary N) is 1. The SMILES string of the molecule is CC(C)(C)NC(=O)C1CCN(C[B-](F)(F)F)CC1. The summed E-state index contributed by atoms with van der Waals surface area (Å²) in [6.07, 6.45) is 0.204. The fourth-order valence-corrected chi connectivity index (χ4v) is 2.14. The van der Waals surface area contributed by atoms with Gasteiger partial charge in [-0.25, -0.2) is 0 Å². The molecule has 106 valence electrons. The highest BCUT2D eigenvalue weighted by Crippen LogP contribution is 2.21. The minimum atomic E-state index is -4.76. The zero-order chi connectivity index (χ0) is 14.0. The van der Waals surface area contributed by atoms with Crippen LogP contribution in [0.4, 0.5) is 12.9 Å². The first-order chi connectivity index (χ1) is 8.07. The van der Waals surface area contributed by atoms with E-state index in [-0.39, 0.29) is 17.4 Å². The lowest BCUT2D eigenvalue weighted by molar-refractivity contribution is -0.127. The molecule has 1 aliphatic rings. The van der Waals surface area contributed by atoms with Crippen LogP contribution in [0.3, 0.4) is 0 Å². The third kappa shape index (κ3) is 5.75. The highest BCUT2D eigenvalue weighted by atomic mass is 19.4. The first-order valence-corrected chi connectivity index (χ1v) is 6.32. The molecule has 1 amide bonds. The van der Waals surface area contributed by atoms with Gasteiger partial charge in [-0.15, -0.1) is 0 Å². The largest absolute Gasteiger partial charge is 0.492 e. The van der Waals surface area contributed by atoms with E-state index >= 15 is 0 Å². The third-order valence-electron chi connectivity index (χ3n) is 2.92. The number of hydrogen-bond acceptors (Lipinski definition) is 2. The second kappa shape index (κ2) is 5.51. The molecule has 0 aliphatic carbocycles. The molecule has 1 aliphatic heterocycles. The number of likely N-dealkylation sites (tertiary alicyclic amines) is 1. The van der Waals surface area contributed by atoms with E-state index in [0.29, 0.717) is 25.9 Å². The Hall–Kier alpha value is -0.715. The van der Waals surface area contributed by atoms with Gasteiger partial charge in [0.25, 0.3) is 0 Å². The molecule has 1 rings (SSSR count). The van der Waals surface area contributed by atoms with Crippen LogP contribution in [0, 0.1) is 5.92 Å². The van der Waals surface area contributed by atoms with Crippen molar-refractivity contribution >= 4 is 12.9 Å². The van der Waals surface area contributed by atoms with Crippen molar-refractivity contribution in [2.45, 2.75) is 39.2 Å². The van der Waals surface area contributed by atoms with Gasteiger partial charge in [0, 0.05) is 11.5 Å². The maximum atomic E-state index is 12.3. The Labute approximate surface area is 106 Å². The van der Waals surface area contributed by atoms with Crippen molar-refractivity contribution in [3.05, 3.63) is 0 Å². The van der Waals surface area contributed by atoms with Crippen LogP contribution in [-0.4, -0.2) is 42.9 Å². The van der Waals surface area contributed by atoms with Crippen molar-refractivity contribution in [1.82, 2.24) is 10.2 Å². The Morgan fingerprint density at radius 1 is 1.28 bits per heavy atom. The summed E-state index contributed by atoms with van der Waals surface area (Å²) in [5.74, 6) is -0.194. The summed E-state index contributed by atoms with van der Waals surface area (Å²) in [6, 6.07) is 0. The van der Waals surface area contributed by atoms with E-state index in [0.717, 1.165) is 0 Å². The molecule has 0 aromatic rings. The lowest BCUT2D eigenvalue weighted by Crippen LogP contribution is -2.48. The first kappa shape index (κ1) is 15.3. The Kier molecular flexibility index (Phi) is 4.69. The van der Waals surface area contributed by atoms with Gasteiger partial charge in [0.05, 0.1) is 0 Å². The molecule has 0 spiro atoms. The molecule has 7 heteroatoms. The Morgan fingerprint density at radius 3 is 2.17 bits per heavy atom. The normalized spacial score (nSPS) is 19.9. The molecule has 0 bridgehead atoms. The van der Waals surface area contributed by atoms with Crippen molar-refractivity contribution in [3.8, 4) is 0 Å². The summed E-state index contributed by atoms with van der Waals surface area (Å²) in [5.41, 5.74) is -0.288. The van der Waals surface area contributed by atoms with Gasteiger partial charge in [0.15, 0.2) is 0 Å². The second-order valence-corrected chi connectivity index (χ2v) is 6.02. The molecule has 18 heavy (non-hydrogen) atoms. The van der Waals surface area contributed by atoms with Crippen molar-refractivity contribution in [3.63, 3.8) is 0 Å². The van der Waals surface area contributed by atoms with E-state index in [9.17, 15) is 17.7 Å². The van der Waals surface area contributed by atoms with Crippen LogP contribution in [-0.2, 0) is 4.79 Å². The number of carbonyl (C=O) groups excluding carboxylic acids is 1. The molecule has 1 saturated heterocycles. The lowest BCUT2D eigenvalue weighted by Gasteiger charge is -2.35. The van der Waals surface area contributed by atoms with Gasteiger partial charge in [-0.05, 0) is 53.1 Å². The Bertz CT molecular complexity index is 294. The van der Waals surface area contributed by atoms with Gasteiger partial charge in [-0.3, -0.25) is 4.79 Å². The quantitative estimate of drug-likeness (QED) is 0.791. The minimum Gasteiger partial charge on any atom is -0.448 e. The number of halogens is 3. The van der Waals surface area contributed by atoms with Crippen LogP contribution < -0.4 is 5.32 Å². The zero-order valence-corrected chi connectivity index (χ0v) is 11.2.